The molecule has 0 atom stereocenters. The molecule has 3 nitrogen and oxygen atoms in total. The van der Waals surface area contributed by atoms with Gasteiger partial charge in [0, 0.05) is 27.1 Å². The number of aromatic nitrogens is 3. The van der Waals surface area contributed by atoms with Crippen molar-refractivity contribution in [2.24, 2.45) is 0 Å². The molecule has 0 spiro atoms. The van der Waals surface area contributed by atoms with Gasteiger partial charge >= 0.3 is 0 Å². The topological polar surface area (TPSA) is 30.7 Å². The van der Waals surface area contributed by atoms with Gasteiger partial charge in [0.15, 0.2) is 0 Å². The van der Waals surface area contributed by atoms with Crippen molar-refractivity contribution in [1.82, 2.24) is 14.5 Å². The SMILES string of the molecule is CC1(C)c2c(c3ccccc3c3c4ccccc4c4ccccc4c23)-c2ccc3c4ccccc4n(-c4nc(-c5ccccc5)c5c(ccc6ccccc65)n4)c3c21. The van der Waals surface area contributed by atoms with Crippen LogP contribution in [0.15, 0.2) is 176 Å². The largest absolute Gasteiger partial charge is 0.278 e. The minimum atomic E-state index is -0.390. The molecular formula is C55H35N3. The Morgan fingerprint density at radius 1 is 0.414 bits per heavy atom. The van der Waals surface area contributed by atoms with Gasteiger partial charge < -0.3 is 0 Å². The second-order valence-corrected chi connectivity index (χ2v) is 16.4. The van der Waals surface area contributed by atoms with E-state index in [4.69, 9.17) is 9.97 Å². The number of fused-ring (bicyclic) bond motifs is 20. The molecule has 3 heteroatoms. The molecule has 1 aliphatic carbocycles. The second kappa shape index (κ2) is 11.4. The summed E-state index contributed by atoms with van der Waals surface area (Å²) in [5, 5.41) is 16.3. The summed E-state index contributed by atoms with van der Waals surface area (Å²) in [5.41, 5.74) is 10.1. The molecule has 0 aliphatic heterocycles. The van der Waals surface area contributed by atoms with Crippen LogP contribution >= 0.6 is 0 Å². The fourth-order valence-electron chi connectivity index (χ4n) is 10.8. The number of hydrogen-bond acceptors (Lipinski definition) is 2. The molecule has 270 valence electrons. The van der Waals surface area contributed by atoms with Gasteiger partial charge in [-0.05, 0) is 88.2 Å². The number of nitrogens with zero attached hydrogens (tertiary/aromatic N) is 3. The van der Waals surface area contributed by atoms with Crippen LogP contribution in [0.5, 0.6) is 0 Å². The molecule has 0 amide bonds. The predicted octanol–water partition coefficient (Wildman–Crippen LogP) is 14.5. The maximum Gasteiger partial charge on any atom is 0.235 e. The van der Waals surface area contributed by atoms with Crippen molar-refractivity contribution >= 4 is 86.6 Å². The third-order valence-electron chi connectivity index (χ3n) is 13.1. The minimum Gasteiger partial charge on any atom is -0.278 e. The quantitative estimate of drug-likeness (QED) is 0.165. The zero-order valence-corrected chi connectivity index (χ0v) is 32.1. The smallest absolute Gasteiger partial charge is 0.235 e. The summed E-state index contributed by atoms with van der Waals surface area (Å²) < 4.78 is 2.37. The van der Waals surface area contributed by atoms with Crippen molar-refractivity contribution in [2.45, 2.75) is 19.3 Å². The van der Waals surface area contributed by atoms with E-state index in [1.54, 1.807) is 0 Å². The summed E-state index contributed by atoms with van der Waals surface area (Å²) in [7, 11) is 0. The number of benzene rings is 10. The Kier molecular flexibility index (Phi) is 6.23. The van der Waals surface area contributed by atoms with Crippen LogP contribution in [0.2, 0.25) is 0 Å². The first-order valence-corrected chi connectivity index (χ1v) is 20.2. The summed E-state index contributed by atoms with van der Waals surface area (Å²) in [6.07, 6.45) is 0. The zero-order valence-electron chi connectivity index (χ0n) is 32.1. The van der Waals surface area contributed by atoms with Crippen LogP contribution in [0.3, 0.4) is 0 Å². The highest BCUT2D eigenvalue weighted by Crippen LogP contribution is 2.59. The average molecular weight is 738 g/mol. The van der Waals surface area contributed by atoms with Gasteiger partial charge in [0.2, 0.25) is 5.95 Å². The second-order valence-electron chi connectivity index (χ2n) is 16.4. The molecule has 0 unspecified atom stereocenters. The standard InChI is InChI=1S/C55H35N3/c1-55(2)50-43(47-41-26-13-12-25-40(41)46-38-23-10-8-20-35(38)36-21-9-11-24-39(36)49(46)51(47)55)30-29-42-37-22-14-15-27-45(37)58(53(42)50)54-56-44-31-28-32-16-6-7-19-34(32)48(44)52(57-54)33-17-4-3-5-18-33/h3-31H,1-2H3. The van der Waals surface area contributed by atoms with Crippen LogP contribution in [-0.2, 0) is 5.41 Å². The van der Waals surface area contributed by atoms with Gasteiger partial charge in [-0.3, -0.25) is 4.57 Å². The first-order chi connectivity index (χ1) is 28.6. The maximum absolute atomic E-state index is 5.61. The molecule has 0 saturated heterocycles. The first kappa shape index (κ1) is 31.8. The lowest BCUT2D eigenvalue weighted by molar-refractivity contribution is 0.670. The van der Waals surface area contributed by atoms with E-state index in [-0.39, 0.29) is 5.41 Å². The molecule has 2 aromatic heterocycles. The number of rotatable bonds is 2. The monoisotopic (exact) mass is 737 g/mol. The molecule has 13 rings (SSSR count). The summed E-state index contributed by atoms with van der Waals surface area (Å²) in [5.74, 6) is 0.680. The van der Waals surface area contributed by atoms with E-state index >= 15 is 0 Å². The van der Waals surface area contributed by atoms with Crippen molar-refractivity contribution in [2.75, 3.05) is 0 Å². The fraction of sp³-hybridized carbons (Fsp3) is 0.0545. The summed E-state index contributed by atoms with van der Waals surface area (Å²) >= 11 is 0. The summed E-state index contributed by atoms with van der Waals surface area (Å²) in [6.45, 7) is 4.89. The van der Waals surface area contributed by atoms with Gasteiger partial charge in [-0.2, -0.15) is 0 Å². The number of para-hydroxylation sites is 1. The normalized spacial score (nSPS) is 13.5. The Hall–Kier alpha value is -7.36. The highest BCUT2D eigenvalue weighted by atomic mass is 15.2. The molecule has 12 aromatic rings. The van der Waals surface area contributed by atoms with Crippen molar-refractivity contribution < 1.29 is 0 Å². The van der Waals surface area contributed by atoms with Gasteiger partial charge in [-0.25, -0.2) is 9.97 Å². The number of hydrogen-bond donors (Lipinski definition) is 0. The highest BCUT2D eigenvalue weighted by molar-refractivity contribution is 6.35. The van der Waals surface area contributed by atoms with E-state index in [1.165, 1.54) is 87.0 Å². The van der Waals surface area contributed by atoms with Gasteiger partial charge in [-0.1, -0.05) is 178 Å². The Labute approximate surface area is 334 Å². The third-order valence-corrected chi connectivity index (χ3v) is 13.1. The first-order valence-electron chi connectivity index (χ1n) is 20.2. The van der Waals surface area contributed by atoms with Crippen molar-refractivity contribution in [1.29, 1.82) is 0 Å². The van der Waals surface area contributed by atoms with E-state index in [9.17, 15) is 0 Å². The lowest BCUT2D eigenvalue weighted by atomic mass is 9.76. The van der Waals surface area contributed by atoms with Crippen LogP contribution in [0.4, 0.5) is 0 Å². The Balaban J connectivity index is 1.22. The van der Waals surface area contributed by atoms with Crippen LogP contribution < -0.4 is 0 Å². The molecular weight excluding hydrogens is 703 g/mol. The Morgan fingerprint density at radius 3 is 1.74 bits per heavy atom. The molecule has 2 heterocycles. The van der Waals surface area contributed by atoms with Crippen molar-refractivity contribution in [3.63, 3.8) is 0 Å². The van der Waals surface area contributed by atoms with Crippen LogP contribution in [0, 0.1) is 0 Å². The molecule has 0 radical (unpaired) electrons. The van der Waals surface area contributed by atoms with Crippen LogP contribution in [0.25, 0.3) is 115 Å². The van der Waals surface area contributed by atoms with Crippen molar-refractivity contribution in [3.8, 4) is 28.3 Å². The van der Waals surface area contributed by atoms with Crippen LogP contribution in [-0.4, -0.2) is 14.5 Å². The lowest BCUT2D eigenvalue weighted by Crippen LogP contribution is -2.18. The molecule has 10 aromatic carbocycles. The molecule has 0 fully saturated rings. The predicted molar refractivity (Wildman–Crippen MR) is 244 cm³/mol. The molecule has 58 heavy (non-hydrogen) atoms. The lowest BCUT2D eigenvalue weighted by Gasteiger charge is -2.27. The molecule has 1 aliphatic rings. The maximum atomic E-state index is 5.61. The average Bonchev–Trinajstić information content (AvgIpc) is 3.74. The zero-order chi connectivity index (χ0) is 38.3. The van der Waals surface area contributed by atoms with E-state index < -0.39 is 0 Å². The van der Waals surface area contributed by atoms with Gasteiger partial charge in [0.1, 0.15) is 0 Å². The minimum absolute atomic E-state index is 0.390. The van der Waals surface area contributed by atoms with Gasteiger partial charge in [0.05, 0.1) is 22.2 Å². The van der Waals surface area contributed by atoms with Gasteiger partial charge in [0.25, 0.3) is 0 Å². The Bertz CT molecular complexity index is 3760. The molecule has 0 N–H and O–H groups in total. The van der Waals surface area contributed by atoms with E-state index in [0.29, 0.717) is 5.95 Å². The third kappa shape index (κ3) is 4.02. The van der Waals surface area contributed by atoms with E-state index in [1.807, 2.05) is 0 Å². The molecule has 0 saturated carbocycles. The van der Waals surface area contributed by atoms with Crippen molar-refractivity contribution in [3.05, 3.63) is 187 Å². The fourth-order valence-corrected chi connectivity index (χ4v) is 10.8. The van der Waals surface area contributed by atoms with Gasteiger partial charge in [-0.15, -0.1) is 0 Å². The Morgan fingerprint density at radius 2 is 1.00 bits per heavy atom. The highest BCUT2D eigenvalue weighted by Gasteiger charge is 2.42. The summed E-state index contributed by atoms with van der Waals surface area (Å²) in [4.78, 5) is 11.1. The molecule has 0 bridgehead atoms. The van der Waals surface area contributed by atoms with E-state index in [0.717, 1.165) is 33.1 Å². The van der Waals surface area contributed by atoms with E-state index in [2.05, 4.69) is 194 Å². The van der Waals surface area contributed by atoms with Crippen LogP contribution in [0.1, 0.15) is 25.0 Å². The summed E-state index contributed by atoms with van der Waals surface area (Å²) in [6, 6.07) is 64.1.